The van der Waals surface area contributed by atoms with E-state index in [2.05, 4.69) is 6.92 Å². The Morgan fingerprint density at radius 2 is 2.05 bits per heavy atom. The first kappa shape index (κ1) is 13.6. The molecule has 0 radical (unpaired) electrons. The molecule has 2 aliphatic carbocycles. The number of methoxy groups -OCH3 is 1. The molecule has 1 saturated carbocycles. The van der Waals surface area contributed by atoms with Gasteiger partial charge in [0.05, 0.1) is 0 Å². The van der Waals surface area contributed by atoms with E-state index in [1.165, 1.54) is 0 Å². The zero-order valence-corrected chi connectivity index (χ0v) is 12.4. The normalized spacial score (nSPS) is 40.2. The van der Waals surface area contributed by atoms with Gasteiger partial charge in [-0.25, -0.2) is 4.79 Å². The van der Waals surface area contributed by atoms with Gasteiger partial charge in [0.25, 0.3) is 0 Å². The van der Waals surface area contributed by atoms with Gasteiger partial charge in [-0.2, -0.15) is 0 Å². The fraction of sp³-hybridized carbons (Fsp3) is 0.625. The summed E-state index contributed by atoms with van der Waals surface area (Å²) < 4.78 is 11.2. The van der Waals surface area contributed by atoms with Crippen LogP contribution in [-0.4, -0.2) is 24.6 Å². The lowest BCUT2D eigenvalue weighted by molar-refractivity contribution is -0.209. The highest BCUT2D eigenvalue weighted by atomic mass is 16.7. The number of rotatable bonds is 1. The van der Waals surface area contributed by atoms with E-state index in [1.54, 1.807) is 14.0 Å². The summed E-state index contributed by atoms with van der Waals surface area (Å²) in [6, 6.07) is 0. The van der Waals surface area contributed by atoms with Crippen molar-refractivity contribution in [1.29, 1.82) is 0 Å². The largest absolute Gasteiger partial charge is 0.426 e. The summed E-state index contributed by atoms with van der Waals surface area (Å²) in [5, 5.41) is 0. The van der Waals surface area contributed by atoms with E-state index in [-0.39, 0.29) is 29.5 Å². The molecular weight excluding hydrogens is 256 g/mol. The van der Waals surface area contributed by atoms with Crippen molar-refractivity contribution >= 4 is 11.8 Å². The van der Waals surface area contributed by atoms with Crippen LogP contribution in [0.3, 0.4) is 0 Å². The minimum Gasteiger partial charge on any atom is -0.426 e. The van der Waals surface area contributed by atoms with Crippen molar-refractivity contribution < 1.29 is 19.1 Å². The number of carbonyl (C=O) groups excluding carboxylic acids is 2. The molecule has 0 spiro atoms. The molecule has 0 N–H and O–H groups in total. The number of Topliss-reactive ketones (excluding diaryl/α,β-unsaturated/α-hetero) is 1. The van der Waals surface area contributed by atoms with Gasteiger partial charge >= 0.3 is 5.97 Å². The molecule has 0 unspecified atom stereocenters. The van der Waals surface area contributed by atoms with E-state index in [0.717, 1.165) is 11.1 Å². The number of ether oxygens (including phenoxy) is 2. The van der Waals surface area contributed by atoms with Crippen LogP contribution in [0, 0.1) is 17.8 Å². The Hall–Kier alpha value is -1.42. The summed E-state index contributed by atoms with van der Waals surface area (Å²) in [7, 11) is 1.59. The maximum absolute atomic E-state index is 12.0. The van der Waals surface area contributed by atoms with Gasteiger partial charge in [0.1, 0.15) is 0 Å². The van der Waals surface area contributed by atoms with Crippen LogP contribution in [0.15, 0.2) is 22.8 Å². The van der Waals surface area contributed by atoms with Crippen molar-refractivity contribution in [3.8, 4) is 0 Å². The SMILES string of the molecule is CO[C@]12C[C@H](C)[C@H]3CC(=O)C(C)=C[C@H]3C1=C(C)C(=O)O2. The first-order valence-corrected chi connectivity index (χ1v) is 7.11. The molecule has 4 heteroatoms. The molecule has 0 bridgehead atoms. The lowest BCUT2D eigenvalue weighted by atomic mass is 9.62. The highest BCUT2D eigenvalue weighted by Crippen LogP contribution is 2.54. The molecule has 1 aliphatic heterocycles. The average molecular weight is 276 g/mol. The van der Waals surface area contributed by atoms with E-state index in [0.29, 0.717) is 18.4 Å². The molecule has 0 aromatic rings. The fourth-order valence-corrected chi connectivity index (χ4v) is 3.98. The highest BCUT2D eigenvalue weighted by Gasteiger charge is 2.56. The molecule has 0 amide bonds. The number of esters is 1. The number of hydrogen-bond donors (Lipinski definition) is 0. The van der Waals surface area contributed by atoms with E-state index in [9.17, 15) is 9.59 Å². The van der Waals surface area contributed by atoms with Gasteiger partial charge in [-0.05, 0) is 31.3 Å². The van der Waals surface area contributed by atoms with Crippen LogP contribution < -0.4 is 0 Å². The molecule has 20 heavy (non-hydrogen) atoms. The second-order valence-corrected chi connectivity index (χ2v) is 6.23. The van der Waals surface area contributed by atoms with Crippen LogP contribution in [0.5, 0.6) is 0 Å². The van der Waals surface area contributed by atoms with Crippen molar-refractivity contribution in [2.24, 2.45) is 17.8 Å². The summed E-state index contributed by atoms with van der Waals surface area (Å²) >= 11 is 0. The van der Waals surface area contributed by atoms with Gasteiger partial charge in [-0.3, -0.25) is 4.79 Å². The number of carbonyl (C=O) groups is 2. The van der Waals surface area contributed by atoms with Crippen LogP contribution in [0.25, 0.3) is 0 Å². The minimum absolute atomic E-state index is 0.0721. The number of allylic oxidation sites excluding steroid dienone is 2. The topological polar surface area (TPSA) is 52.6 Å². The van der Waals surface area contributed by atoms with E-state index < -0.39 is 5.79 Å². The van der Waals surface area contributed by atoms with Crippen LogP contribution in [0.4, 0.5) is 0 Å². The van der Waals surface area contributed by atoms with Crippen LogP contribution in [-0.2, 0) is 19.1 Å². The first-order chi connectivity index (χ1) is 9.39. The maximum atomic E-state index is 12.0. The van der Waals surface area contributed by atoms with E-state index >= 15 is 0 Å². The summed E-state index contributed by atoms with van der Waals surface area (Å²) in [6.45, 7) is 5.75. The standard InChI is InChI=1S/C16H20O4/c1-8-5-12-11(6-13(8)17)9(2)7-16(19-4)14(12)10(3)15(18)20-16/h5,9,11-12H,6-7H2,1-4H3/t9-,11+,12+,16-/m0/s1. The maximum Gasteiger partial charge on any atom is 0.336 e. The first-order valence-electron chi connectivity index (χ1n) is 7.11. The number of hydrogen-bond acceptors (Lipinski definition) is 4. The number of ketones is 1. The predicted octanol–water partition coefficient (Wildman–Crippen LogP) is 2.39. The Morgan fingerprint density at radius 3 is 2.70 bits per heavy atom. The zero-order valence-electron chi connectivity index (χ0n) is 12.4. The van der Waals surface area contributed by atoms with E-state index in [1.807, 2.05) is 13.0 Å². The van der Waals surface area contributed by atoms with Gasteiger partial charge in [0.15, 0.2) is 5.78 Å². The van der Waals surface area contributed by atoms with Crippen LogP contribution in [0.1, 0.15) is 33.6 Å². The van der Waals surface area contributed by atoms with Crippen molar-refractivity contribution in [3.05, 3.63) is 22.8 Å². The molecule has 108 valence electrons. The third-order valence-corrected chi connectivity index (χ3v) is 5.11. The molecule has 0 aromatic carbocycles. The predicted molar refractivity (Wildman–Crippen MR) is 72.7 cm³/mol. The Balaban J connectivity index is 2.16. The van der Waals surface area contributed by atoms with E-state index in [4.69, 9.17) is 9.47 Å². The molecule has 3 aliphatic rings. The third-order valence-electron chi connectivity index (χ3n) is 5.11. The van der Waals surface area contributed by atoms with Gasteiger partial charge in [0.2, 0.25) is 5.79 Å². The Bertz CT molecular complexity index is 557. The smallest absolute Gasteiger partial charge is 0.336 e. The molecule has 0 saturated heterocycles. The molecule has 4 nitrogen and oxygen atoms in total. The van der Waals surface area contributed by atoms with Crippen molar-refractivity contribution in [3.63, 3.8) is 0 Å². The van der Waals surface area contributed by atoms with Crippen molar-refractivity contribution in [2.45, 2.75) is 39.4 Å². The summed E-state index contributed by atoms with van der Waals surface area (Å²) in [5.41, 5.74) is 2.36. The quantitative estimate of drug-likeness (QED) is 0.690. The van der Waals surface area contributed by atoms with Crippen molar-refractivity contribution in [2.75, 3.05) is 7.11 Å². The second-order valence-electron chi connectivity index (χ2n) is 6.23. The number of fused-ring (bicyclic) bond motifs is 3. The third kappa shape index (κ3) is 1.64. The lowest BCUT2D eigenvalue weighted by Gasteiger charge is -2.46. The molecule has 0 aromatic heterocycles. The lowest BCUT2D eigenvalue weighted by Crippen LogP contribution is -2.48. The summed E-state index contributed by atoms with van der Waals surface area (Å²) in [5.74, 6) is -0.407. The molecule has 4 atom stereocenters. The molecule has 3 rings (SSSR count). The minimum atomic E-state index is -0.918. The fourth-order valence-electron chi connectivity index (χ4n) is 3.98. The van der Waals surface area contributed by atoms with Gasteiger partial charge in [0, 0.05) is 37.0 Å². The van der Waals surface area contributed by atoms with Gasteiger partial charge in [-0.1, -0.05) is 13.0 Å². The molecular formula is C16H20O4. The average Bonchev–Trinajstić information content (AvgIpc) is 2.65. The highest BCUT2D eigenvalue weighted by molar-refractivity contribution is 5.97. The second kappa shape index (κ2) is 4.29. The summed E-state index contributed by atoms with van der Waals surface area (Å²) in [4.78, 5) is 24.0. The zero-order chi connectivity index (χ0) is 14.7. The van der Waals surface area contributed by atoms with Gasteiger partial charge in [-0.15, -0.1) is 0 Å². The van der Waals surface area contributed by atoms with Crippen LogP contribution in [0.2, 0.25) is 0 Å². The monoisotopic (exact) mass is 276 g/mol. The summed E-state index contributed by atoms with van der Waals surface area (Å²) in [6.07, 6.45) is 3.18. The molecule has 1 fully saturated rings. The van der Waals surface area contributed by atoms with Crippen molar-refractivity contribution in [1.82, 2.24) is 0 Å². The van der Waals surface area contributed by atoms with Gasteiger partial charge < -0.3 is 9.47 Å². The Morgan fingerprint density at radius 1 is 1.35 bits per heavy atom. The molecule has 1 heterocycles. The Kier molecular flexibility index (Phi) is 2.91. The Labute approximate surface area is 118 Å². The van der Waals surface area contributed by atoms with Crippen LogP contribution >= 0.6 is 0 Å².